The predicted molar refractivity (Wildman–Crippen MR) is 120 cm³/mol. The van der Waals surface area contributed by atoms with Crippen molar-refractivity contribution in [2.45, 2.75) is 12.8 Å². The standard InChI is InChI=1S/C25H23FN2O4/c1-31-23-15-18(25(30)28-14-4-6-17-5-2-3-7-21(17)28)8-13-22(23)32-16-24(29)27-20-11-9-19(26)10-12-20/h2-3,5,7-13,15H,4,6,14,16H2,1H3,(H,27,29). The lowest BCUT2D eigenvalue weighted by molar-refractivity contribution is -0.118. The van der Waals surface area contributed by atoms with Crippen LogP contribution in [0.1, 0.15) is 22.3 Å². The maximum atomic E-state index is 13.2. The molecule has 7 heteroatoms. The molecule has 3 aromatic carbocycles. The quantitative estimate of drug-likeness (QED) is 0.623. The molecule has 1 aliphatic rings. The molecule has 0 fully saturated rings. The van der Waals surface area contributed by atoms with E-state index >= 15 is 0 Å². The van der Waals surface area contributed by atoms with Crippen molar-refractivity contribution in [2.24, 2.45) is 0 Å². The summed E-state index contributed by atoms with van der Waals surface area (Å²) in [5.41, 5.74) is 3.03. The van der Waals surface area contributed by atoms with Crippen molar-refractivity contribution in [3.8, 4) is 11.5 Å². The zero-order valence-electron chi connectivity index (χ0n) is 17.6. The fraction of sp³-hybridized carbons (Fsp3) is 0.200. The Bertz CT molecular complexity index is 1130. The summed E-state index contributed by atoms with van der Waals surface area (Å²) in [6.45, 7) is 0.389. The van der Waals surface area contributed by atoms with Gasteiger partial charge in [0.2, 0.25) is 0 Å². The number of carbonyl (C=O) groups is 2. The van der Waals surface area contributed by atoms with E-state index in [1.807, 2.05) is 24.3 Å². The van der Waals surface area contributed by atoms with E-state index in [1.54, 1.807) is 23.1 Å². The van der Waals surface area contributed by atoms with Gasteiger partial charge in [0.1, 0.15) is 5.82 Å². The first-order chi connectivity index (χ1) is 15.5. The molecule has 0 saturated carbocycles. The molecule has 3 aromatic rings. The Labute approximate surface area is 185 Å². The van der Waals surface area contributed by atoms with Gasteiger partial charge in [0.05, 0.1) is 7.11 Å². The van der Waals surface area contributed by atoms with Crippen molar-refractivity contribution in [1.82, 2.24) is 0 Å². The molecule has 32 heavy (non-hydrogen) atoms. The smallest absolute Gasteiger partial charge is 0.262 e. The summed E-state index contributed by atoms with van der Waals surface area (Å²) >= 11 is 0. The fourth-order valence-corrected chi connectivity index (χ4v) is 3.69. The van der Waals surface area contributed by atoms with Gasteiger partial charge in [-0.3, -0.25) is 9.59 Å². The number of halogens is 1. The van der Waals surface area contributed by atoms with Gasteiger partial charge in [0.25, 0.3) is 11.8 Å². The number of hydrogen-bond donors (Lipinski definition) is 1. The molecule has 0 aliphatic carbocycles. The number of fused-ring (bicyclic) bond motifs is 1. The summed E-state index contributed by atoms with van der Waals surface area (Å²) < 4.78 is 24.0. The molecule has 0 radical (unpaired) electrons. The molecule has 164 valence electrons. The van der Waals surface area contributed by atoms with E-state index in [9.17, 15) is 14.0 Å². The zero-order valence-corrected chi connectivity index (χ0v) is 17.6. The van der Waals surface area contributed by atoms with Crippen LogP contribution in [-0.2, 0) is 11.2 Å². The molecular weight excluding hydrogens is 411 g/mol. The summed E-state index contributed by atoms with van der Waals surface area (Å²) in [4.78, 5) is 27.1. The van der Waals surface area contributed by atoms with Crippen LogP contribution in [0.4, 0.5) is 15.8 Å². The Balaban J connectivity index is 1.44. The molecule has 0 spiro atoms. The molecule has 0 bridgehead atoms. The molecule has 1 aliphatic heterocycles. The number of methoxy groups -OCH3 is 1. The topological polar surface area (TPSA) is 67.9 Å². The molecule has 1 heterocycles. The summed E-state index contributed by atoms with van der Waals surface area (Å²) in [7, 11) is 1.48. The van der Waals surface area contributed by atoms with E-state index in [0.29, 0.717) is 29.3 Å². The van der Waals surface area contributed by atoms with Crippen LogP contribution in [0.5, 0.6) is 11.5 Å². The summed E-state index contributed by atoms with van der Waals surface area (Å²) in [5, 5.41) is 2.63. The molecule has 0 saturated heterocycles. The fourth-order valence-electron chi connectivity index (χ4n) is 3.69. The molecular formula is C25H23FN2O4. The number of hydrogen-bond acceptors (Lipinski definition) is 4. The Hall–Kier alpha value is -3.87. The zero-order chi connectivity index (χ0) is 22.5. The SMILES string of the molecule is COc1cc(C(=O)N2CCCc3ccccc32)ccc1OCC(=O)Nc1ccc(F)cc1. The van der Waals surface area contributed by atoms with Gasteiger partial charge in [-0.15, -0.1) is 0 Å². The van der Waals surface area contributed by atoms with Gasteiger partial charge >= 0.3 is 0 Å². The number of carbonyl (C=O) groups excluding carboxylic acids is 2. The van der Waals surface area contributed by atoms with Gasteiger partial charge in [-0.05, 0) is 66.9 Å². The molecule has 0 aromatic heterocycles. The first kappa shape index (κ1) is 21.4. The van der Waals surface area contributed by atoms with Crippen LogP contribution in [0.3, 0.4) is 0 Å². The lowest BCUT2D eigenvalue weighted by atomic mass is 10.0. The highest BCUT2D eigenvalue weighted by atomic mass is 19.1. The van der Waals surface area contributed by atoms with Crippen molar-refractivity contribution < 1.29 is 23.5 Å². The van der Waals surface area contributed by atoms with Crippen molar-refractivity contribution in [3.63, 3.8) is 0 Å². The van der Waals surface area contributed by atoms with Crippen LogP contribution in [-0.4, -0.2) is 32.1 Å². The minimum atomic E-state index is -0.399. The van der Waals surface area contributed by atoms with Gasteiger partial charge in [0.15, 0.2) is 18.1 Å². The molecule has 0 atom stereocenters. The van der Waals surface area contributed by atoms with Crippen LogP contribution in [0.15, 0.2) is 66.7 Å². The molecule has 6 nitrogen and oxygen atoms in total. The number of aryl methyl sites for hydroxylation is 1. The van der Waals surface area contributed by atoms with E-state index in [4.69, 9.17) is 9.47 Å². The lowest BCUT2D eigenvalue weighted by Crippen LogP contribution is -2.35. The predicted octanol–water partition coefficient (Wildman–Crippen LogP) is 4.44. The van der Waals surface area contributed by atoms with E-state index in [1.165, 1.54) is 31.4 Å². The van der Waals surface area contributed by atoms with Crippen molar-refractivity contribution >= 4 is 23.2 Å². The van der Waals surface area contributed by atoms with Gasteiger partial charge in [0, 0.05) is 23.5 Å². The average Bonchev–Trinajstić information content (AvgIpc) is 2.83. The average molecular weight is 434 g/mol. The van der Waals surface area contributed by atoms with Crippen LogP contribution in [0.25, 0.3) is 0 Å². The van der Waals surface area contributed by atoms with Crippen LogP contribution in [0.2, 0.25) is 0 Å². The summed E-state index contributed by atoms with van der Waals surface area (Å²) in [6, 6.07) is 18.3. The molecule has 4 rings (SSSR count). The van der Waals surface area contributed by atoms with Crippen molar-refractivity contribution in [2.75, 3.05) is 30.5 Å². The summed E-state index contributed by atoms with van der Waals surface area (Å²) in [6.07, 6.45) is 1.86. The number of benzene rings is 3. The first-order valence-electron chi connectivity index (χ1n) is 10.3. The lowest BCUT2D eigenvalue weighted by Gasteiger charge is -2.29. The van der Waals surface area contributed by atoms with Crippen molar-refractivity contribution in [1.29, 1.82) is 0 Å². The van der Waals surface area contributed by atoms with E-state index in [0.717, 1.165) is 24.1 Å². The van der Waals surface area contributed by atoms with Crippen LogP contribution >= 0.6 is 0 Å². The molecule has 1 N–H and O–H groups in total. The van der Waals surface area contributed by atoms with Gasteiger partial charge in [-0.1, -0.05) is 18.2 Å². The third kappa shape index (κ3) is 4.72. The number of amides is 2. The third-order valence-electron chi connectivity index (χ3n) is 5.25. The maximum absolute atomic E-state index is 13.2. The van der Waals surface area contributed by atoms with Gasteiger partial charge in [-0.25, -0.2) is 4.39 Å². The second kappa shape index (κ2) is 9.51. The maximum Gasteiger partial charge on any atom is 0.262 e. The number of anilines is 2. The minimum Gasteiger partial charge on any atom is -0.493 e. The third-order valence-corrected chi connectivity index (χ3v) is 5.25. The normalized spacial score (nSPS) is 12.6. The minimum absolute atomic E-state index is 0.115. The van der Waals surface area contributed by atoms with Gasteiger partial charge < -0.3 is 19.7 Å². The summed E-state index contributed by atoms with van der Waals surface area (Å²) in [5.74, 6) is -0.195. The Morgan fingerprint density at radius 2 is 1.81 bits per heavy atom. The number of ether oxygens (including phenoxy) is 2. The molecule has 0 unspecified atom stereocenters. The highest BCUT2D eigenvalue weighted by Crippen LogP contribution is 2.32. The van der Waals surface area contributed by atoms with E-state index < -0.39 is 5.91 Å². The highest BCUT2D eigenvalue weighted by Gasteiger charge is 2.24. The highest BCUT2D eigenvalue weighted by molar-refractivity contribution is 6.07. The van der Waals surface area contributed by atoms with E-state index in [-0.39, 0.29) is 18.3 Å². The second-order valence-corrected chi connectivity index (χ2v) is 7.40. The first-order valence-corrected chi connectivity index (χ1v) is 10.3. The van der Waals surface area contributed by atoms with Crippen LogP contribution < -0.4 is 19.7 Å². The van der Waals surface area contributed by atoms with Gasteiger partial charge in [-0.2, -0.15) is 0 Å². The number of nitrogens with one attached hydrogen (secondary N) is 1. The largest absolute Gasteiger partial charge is 0.493 e. The van der Waals surface area contributed by atoms with Crippen molar-refractivity contribution in [3.05, 3.63) is 83.7 Å². The number of nitrogens with zero attached hydrogens (tertiary/aromatic N) is 1. The Morgan fingerprint density at radius 1 is 1.03 bits per heavy atom. The number of rotatable bonds is 6. The van der Waals surface area contributed by atoms with E-state index in [2.05, 4.69) is 5.32 Å². The number of para-hydroxylation sites is 1. The molecule has 2 amide bonds. The second-order valence-electron chi connectivity index (χ2n) is 7.40. The Morgan fingerprint density at radius 3 is 2.59 bits per heavy atom. The monoisotopic (exact) mass is 434 g/mol. The Kier molecular flexibility index (Phi) is 6.35. The van der Waals surface area contributed by atoms with Crippen LogP contribution in [0, 0.1) is 5.82 Å².